The molecular formula is C19H28BrNO. The highest BCUT2D eigenvalue weighted by Gasteiger charge is 2.46. The van der Waals surface area contributed by atoms with E-state index in [1.165, 1.54) is 50.0 Å². The minimum atomic E-state index is 0.293. The molecule has 1 heterocycles. The van der Waals surface area contributed by atoms with E-state index in [2.05, 4.69) is 52.9 Å². The molecule has 2 nitrogen and oxygen atoms in total. The van der Waals surface area contributed by atoms with Gasteiger partial charge >= 0.3 is 0 Å². The Kier molecular flexibility index (Phi) is 5.13. The lowest BCUT2D eigenvalue weighted by atomic mass is 9.57. The van der Waals surface area contributed by atoms with Crippen molar-refractivity contribution in [3.8, 4) is 5.75 Å². The van der Waals surface area contributed by atoms with Crippen molar-refractivity contribution in [3.63, 3.8) is 0 Å². The van der Waals surface area contributed by atoms with Gasteiger partial charge in [0.05, 0.1) is 6.61 Å². The average Bonchev–Trinajstić information content (AvgIpc) is 2.55. The number of nitrogens with zero attached hydrogens (tertiary/aromatic N) is 1. The van der Waals surface area contributed by atoms with Crippen LogP contribution in [0.1, 0.15) is 56.6 Å². The highest BCUT2D eigenvalue weighted by atomic mass is 79.9. The Labute approximate surface area is 143 Å². The zero-order valence-corrected chi connectivity index (χ0v) is 15.5. The molecule has 1 aromatic rings. The first-order valence-electron chi connectivity index (χ1n) is 8.71. The van der Waals surface area contributed by atoms with Crippen LogP contribution in [0.5, 0.6) is 5.75 Å². The summed E-state index contributed by atoms with van der Waals surface area (Å²) in [5, 5.41) is 1.00. The van der Waals surface area contributed by atoms with E-state index in [0.29, 0.717) is 11.3 Å². The van der Waals surface area contributed by atoms with E-state index >= 15 is 0 Å². The highest BCUT2D eigenvalue weighted by Crippen LogP contribution is 2.52. The molecule has 0 N–H and O–H groups in total. The fourth-order valence-electron chi connectivity index (χ4n) is 4.04. The van der Waals surface area contributed by atoms with Gasteiger partial charge in [0.1, 0.15) is 5.75 Å². The summed E-state index contributed by atoms with van der Waals surface area (Å²) in [5.41, 5.74) is 3.33. The van der Waals surface area contributed by atoms with Crippen LogP contribution in [-0.4, -0.2) is 36.5 Å². The van der Waals surface area contributed by atoms with Gasteiger partial charge in [-0.25, -0.2) is 0 Å². The van der Waals surface area contributed by atoms with Crippen LogP contribution in [0.25, 0.3) is 0 Å². The third-order valence-corrected chi connectivity index (χ3v) is 6.17. The Morgan fingerprint density at radius 3 is 2.77 bits per heavy atom. The van der Waals surface area contributed by atoms with Crippen LogP contribution in [0.2, 0.25) is 0 Å². The molecule has 0 aromatic heterocycles. The second-order valence-corrected chi connectivity index (χ2v) is 7.91. The summed E-state index contributed by atoms with van der Waals surface area (Å²) in [6, 6.07) is 6.72. The second kappa shape index (κ2) is 6.92. The molecule has 1 saturated heterocycles. The molecule has 2 atom stereocenters. The van der Waals surface area contributed by atoms with Crippen LogP contribution in [-0.2, 0) is 5.41 Å². The van der Waals surface area contributed by atoms with Crippen LogP contribution in [0.15, 0.2) is 18.2 Å². The molecule has 0 amide bonds. The number of hydrogen-bond acceptors (Lipinski definition) is 2. The highest BCUT2D eigenvalue weighted by molar-refractivity contribution is 9.09. The third kappa shape index (κ3) is 3.07. The molecule has 3 heteroatoms. The number of halogens is 1. The molecule has 0 radical (unpaired) electrons. The number of hydrogen-bond donors (Lipinski definition) is 0. The van der Waals surface area contributed by atoms with E-state index in [0.717, 1.165) is 24.1 Å². The molecule has 1 aliphatic carbocycles. The van der Waals surface area contributed by atoms with Gasteiger partial charge < -0.3 is 9.64 Å². The molecule has 0 bridgehead atoms. The molecule has 1 aromatic carbocycles. The molecular weight excluding hydrogens is 338 g/mol. The number of rotatable bonds is 6. The molecule has 1 fully saturated rings. The van der Waals surface area contributed by atoms with E-state index in [-0.39, 0.29) is 0 Å². The summed E-state index contributed by atoms with van der Waals surface area (Å²) in [7, 11) is 0. The van der Waals surface area contributed by atoms with Crippen LogP contribution in [0, 0.1) is 0 Å². The SMILES string of the molecule is CC1c2ccc(OCCCBr)cc2C1(C)CN1CCCCC1. The van der Waals surface area contributed by atoms with Crippen molar-refractivity contribution in [1.29, 1.82) is 0 Å². The van der Waals surface area contributed by atoms with Crippen molar-refractivity contribution in [3.05, 3.63) is 29.3 Å². The normalized spacial score (nSPS) is 28.0. The maximum atomic E-state index is 5.89. The van der Waals surface area contributed by atoms with E-state index in [1.54, 1.807) is 0 Å². The quantitative estimate of drug-likeness (QED) is 0.534. The lowest BCUT2D eigenvalue weighted by Gasteiger charge is -2.50. The molecule has 0 saturated carbocycles. The van der Waals surface area contributed by atoms with Crippen molar-refractivity contribution in [2.75, 3.05) is 31.6 Å². The van der Waals surface area contributed by atoms with Gasteiger partial charge in [0.2, 0.25) is 0 Å². The Balaban J connectivity index is 1.72. The largest absolute Gasteiger partial charge is 0.494 e. The number of benzene rings is 1. The average molecular weight is 366 g/mol. The van der Waals surface area contributed by atoms with Gasteiger partial charge in [0.25, 0.3) is 0 Å². The minimum absolute atomic E-state index is 0.293. The second-order valence-electron chi connectivity index (χ2n) is 7.12. The van der Waals surface area contributed by atoms with Crippen molar-refractivity contribution in [2.45, 2.75) is 50.9 Å². The predicted octanol–water partition coefficient (Wildman–Crippen LogP) is 4.71. The molecule has 3 rings (SSSR count). The topological polar surface area (TPSA) is 12.5 Å². The smallest absolute Gasteiger partial charge is 0.119 e. The monoisotopic (exact) mass is 365 g/mol. The summed E-state index contributed by atoms with van der Waals surface area (Å²) in [6.07, 6.45) is 5.20. The number of fused-ring (bicyclic) bond motifs is 1. The molecule has 2 unspecified atom stereocenters. The number of piperidine rings is 1. The lowest BCUT2D eigenvalue weighted by Crippen LogP contribution is -2.49. The number of likely N-dealkylation sites (tertiary alicyclic amines) is 1. The summed E-state index contributed by atoms with van der Waals surface area (Å²) in [5.74, 6) is 1.69. The van der Waals surface area contributed by atoms with E-state index in [1.807, 2.05) is 0 Å². The zero-order valence-electron chi connectivity index (χ0n) is 13.9. The maximum Gasteiger partial charge on any atom is 0.119 e. The fourth-order valence-corrected chi connectivity index (χ4v) is 4.27. The lowest BCUT2D eigenvalue weighted by molar-refractivity contribution is 0.154. The van der Waals surface area contributed by atoms with Crippen LogP contribution >= 0.6 is 15.9 Å². The molecule has 122 valence electrons. The van der Waals surface area contributed by atoms with E-state index in [9.17, 15) is 0 Å². The number of alkyl halides is 1. The molecule has 1 aliphatic heterocycles. The van der Waals surface area contributed by atoms with Gasteiger partial charge in [-0.05, 0) is 61.5 Å². The summed E-state index contributed by atoms with van der Waals surface area (Å²) in [4.78, 5) is 2.67. The Morgan fingerprint density at radius 2 is 2.05 bits per heavy atom. The molecule has 0 spiro atoms. The van der Waals surface area contributed by atoms with Gasteiger partial charge in [-0.2, -0.15) is 0 Å². The number of ether oxygens (including phenoxy) is 1. The van der Waals surface area contributed by atoms with Gasteiger partial charge in [-0.1, -0.05) is 42.3 Å². The molecule has 22 heavy (non-hydrogen) atoms. The first kappa shape index (κ1) is 16.3. The predicted molar refractivity (Wildman–Crippen MR) is 96.4 cm³/mol. The summed E-state index contributed by atoms with van der Waals surface area (Å²) < 4.78 is 5.89. The Bertz CT molecular complexity index is 512. The minimum Gasteiger partial charge on any atom is -0.494 e. The fraction of sp³-hybridized carbons (Fsp3) is 0.684. The zero-order chi connectivity index (χ0) is 15.6. The van der Waals surface area contributed by atoms with Crippen molar-refractivity contribution < 1.29 is 4.74 Å². The van der Waals surface area contributed by atoms with Crippen molar-refractivity contribution >= 4 is 15.9 Å². The van der Waals surface area contributed by atoms with Gasteiger partial charge in [-0.3, -0.25) is 0 Å². The Hall–Kier alpha value is -0.540. The van der Waals surface area contributed by atoms with E-state index < -0.39 is 0 Å². The molecule has 2 aliphatic rings. The van der Waals surface area contributed by atoms with Crippen molar-refractivity contribution in [2.24, 2.45) is 0 Å². The first-order valence-corrected chi connectivity index (χ1v) is 9.83. The standard InChI is InChI=1S/C19H28BrNO/c1-15-17-8-7-16(22-12-6-9-20)13-18(17)19(15,2)14-21-10-4-3-5-11-21/h7-8,13,15H,3-6,9-12,14H2,1-2H3. The third-order valence-electron chi connectivity index (χ3n) is 5.61. The van der Waals surface area contributed by atoms with Gasteiger partial charge in [0, 0.05) is 17.3 Å². The van der Waals surface area contributed by atoms with Gasteiger partial charge in [0.15, 0.2) is 0 Å². The van der Waals surface area contributed by atoms with Crippen LogP contribution in [0.3, 0.4) is 0 Å². The van der Waals surface area contributed by atoms with Crippen LogP contribution in [0.4, 0.5) is 0 Å². The van der Waals surface area contributed by atoms with Crippen LogP contribution < -0.4 is 4.74 Å². The van der Waals surface area contributed by atoms with Gasteiger partial charge in [-0.15, -0.1) is 0 Å². The summed E-state index contributed by atoms with van der Waals surface area (Å²) >= 11 is 3.46. The maximum absolute atomic E-state index is 5.89. The first-order chi connectivity index (χ1) is 10.6. The Morgan fingerprint density at radius 1 is 1.27 bits per heavy atom. The van der Waals surface area contributed by atoms with E-state index in [4.69, 9.17) is 4.74 Å². The van der Waals surface area contributed by atoms with Crippen molar-refractivity contribution in [1.82, 2.24) is 4.90 Å². The summed E-state index contributed by atoms with van der Waals surface area (Å²) in [6.45, 7) is 9.38.